The van der Waals surface area contributed by atoms with Crippen LogP contribution in [-0.2, 0) is 9.47 Å². The first-order chi connectivity index (χ1) is 9.08. The van der Waals surface area contributed by atoms with Crippen molar-refractivity contribution in [3.8, 4) is 11.5 Å². The first-order valence-corrected chi connectivity index (χ1v) is 6.11. The summed E-state index contributed by atoms with van der Waals surface area (Å²) in [5, 5.41) is 21.4. The lowest BCUT2D eigenvalue weighted by Gasteiger charge is -2.17. The van der Waals surface area contributed by atoms with Gasteiger partial charge in [0.2, 0.25) is 0 Å². The van der Waals surface area contributed by atoms with Crippen LogP contribution in [0.4, 0.5) is 0 Å². The van der Waals surface area contributed by atoms with Gasteiger partial charge < -0.3 is 25.0 Å². The van der Waals surface area contributed by atoms with Crippen LogP contribution in [0.3, 0.4) is 0 Å². The van der Waals surface area contributed by atoms with E-state index in [2.05, 4.69) is 5.32 Å². The molecule has 6 heteroatoms. The van der Waals surface area contributed by atoms with Gasteiger partial charge in [-0.1, -0.05) is 0 Å². The molecule has 0 aliphatic carbocycles. The number of phenolic OH excluding ortho intramolecular Hbond substituents is 2. The zero-order valence-electron chi connectivity index (χ0n) is 11.0. The van der Waals surface area contributed by atoms with Gasteiger partial charge in [0.05, 0.1) is 12.1 Å². The van der Waals surface area contributed by atoms with Crippen LogP contribution < -0.4 is 5.32 Å². The first-order valence-electron chi connectivity index (χ1n) is 6.11. The van der Waals surface area contributed by atoms with E-state index in [1.807, 2.05) is 13.8 Å². The minimum absolute atomic E-state index is 0.00625. The zero-order chi connectivity index (χ0) is 14.3. The topological polar surface area (TPSA) is 88.0 Å². The molecule has 19 heavy (non-hydrogen) atoms. The fourth-order valence-electron chi connectivity index (χ4n) is 1.51. The van der Waals surface area contributed by atoms with Gasteiger partial charge in [0, 0.05) is 13.2 Å². The van der Waals surface area contributed by atoms with Crippen LogP contribution in [0.15, 0.2) is 18.2 Å². The molecule has 0 fully saturated rings. The number of benzene rings is 1. The number of rotatable bonds is 7. The molecular formula is C13H19NO5. The van der Waals surface area contributed by atoms with Crippen LogP contribution in [0, 0.1) is 0 Å². The van der Waals surface area contributed by atoms with E-state index in [-0.39, 0.29) is 23.6 Å². The summed E-state index contributed by atoms with van der Waals surface area (Å²) < 4.78 is 10.5. The molecule has 0 aromatic heterocycles. The predicted octanol–water partition coefficient (Wildman–Crippen LogP) is 1.23. The lowest BCUT2D eigenvalue weighted by molar-refractivity contribution is -0.131. The normalized spacial score (nSPS) is 10.7. The summed E-state index contributed by atoms with van der Waals surface area (Å²) >= 11 is 0. The van der Waals surface area contributed by atoms with Crippen molar-refractivity contribution in [2.75, 3.05) is 19.8 Å². The van der Waals surface area contributed by atoms with Gasteiger partial charge in [-0.3, -0.25) is 4.79 Å². The number of hydrogen-bond donors (Lipinski definition) is 3. The number of hydrogen-bond acceptors (Lipinski definition) is 5. The van der Waals surface area contributed by atoms with Gasteiger partial charge in [0.1, 0.15) is 11.5 Å². The van der Waals surface area contributed by atoms with Crippen LogP contribution >= 0.6 is 0 Å². The molecule has 106 valence electrons. The molecule has 1 aromatic carbocycles. The van der Waals surface area contributed by atoms with Crippen LogP contribution in [-0.4, -0.2) is 42.2 Å². The van der Waals surface area contributed by atoms with Crippen LogP contribution in [0.25, 0.3) is 0 Å². The summed E-state index contributed by atoms with van der Waals surface area (Å²) in [4.78, 5) is 11.8. The first kappa shape index (κ1) is 15.3. The van der Waals surface area contributed by atoms with E-state index in [1.165, 1.54) is 18.2 Å². The molecule has 0 atom stereocenters. The van der Waals surface area contributed by atoms with Crippen molar-refractivity contribution >= 4 is 5.91 Å². The number of carbonyl (C=O) groups is 1. The highest BCUT2D eigenvalue weighted by Gasteiger charge is 2.14. The fraction of sp³-hybridized carbons (Fsp3) is 0.462. The van der Waals surface area contributed by atoms with Gasteiger partial charge in [-0.25, -0.2) is 0 Å². The third-order valence-electron chi connectivity index (χ3n) is 2.36. The van der Waals surface area contributed by atoms with Gasteiger partial charge in [-0.05, 0) is 32.0 Å². The van der Waals surface area contributed by atoms with Gasteiger partial charge >= 0.3 is 0 Å². The summed E-state index contributed by atoms with van der Waals surface area (Å²) in [5.41, 5.74) is 0.00625. The molecule has 1 amide bonds. The smallest absolute Gasteiger partial charge is 0.255 e. The van der Waals surface area contributed by atoms with Gasteiger partial charge in [0.25, 0.3) is 5.91 Å². The van der Waals surface area contributed by atoms with Crippen molar-refractivity contribution in [2.45, 2.75) is 20.1 Å². The Kier molecular flexibility index (Phi) is 6.11. The van der Waals surface area contributed by atoms with E-state index in [9.17, 15) is 15.0 Å². The van der Waals surface area contributed by atoms with E-state index in [0.717, 1.165) is 0 Å². The largest absolute Gasteiger partial charge is 0.508 e. The average molecular weight is 269 g/mol. The van der Waals surface area contributed by atoms with Crippen molar-refractivity contribution in [1.82, 2.24) is 5.32 Å². The van der Waals surface area contributed by atoms with Gasteiger partial charge in [-0.2, -0.15) is 0 Å². The Morgan fingerprint density at radius 3 is 2.47 bits per heavy atom. The van der Waals surface area contributed by atoms with Crippen LogP contribution in [0.2, 0.25) is 0 Å². The second-order valence-corrected chi connectivity index (χ2v) is 3.75. The number of carbonyl (C=O) groups excluding carboxylic acids is 1. The highest BCUT2D eigenvalue weighted by Crippen LogP contribution is 2.21. The Balaban J connectivity index is 2.61. The molecule has 6 nitrogen and oxygen atoms in total. The second-order valence-electron chi connectivity index (χ2n) is 3.75. The lowest BCUT2D eigenvalue weighted by Crippen LogP contribution is -2.35. The Hall–Kier alpha value is -1.79. The maximum atomic E-state index is 11.8. The van der Waals surface area contributed by atoms with Crippen molar-refractivity contribution in [2.24, 2.45) is 0 Å². The van der Waals surface area contributed by atoms with Gasteiger partial charge in [0.15, 0.2) is 6.29 Å². The molecular weight excluding hydrogens is 250 g/mol. The van der Waals surface area contributed by atoms with Crippen molar-refractivity contribution in [3.05, 3.63) is 23.8 Å². The minimum Gasteiger partial charge on any atom is -0.508 e. The molecule has 0 radical (unpaired) electrons. The summed E-state index contributed by atoms with van der Waals surface area (Å²) in [6.07, 6.45) is -0.529. The molecule has 0 spiro atoms. The standard InChI is InChI=1S/C13H19NO5/c1-3-18-12(19-4-2)8-14-13(17)10-7-9(15)5-6-11(10)16/h5-7,12,15-16H,3-4,8H2,1-2H3,(H,14,17). The highest BCUT2D eigenvalue weighted by atomic mass is 16.7. The number of phenols is 2. The number of ether oxygens (including phenoxy) is 2. The highest BCUT2D eigenvalue weighted by molar-refractivity contribution is 5.97. The third-order valence-corrected chi connectivity index (χ3v) is 2.36. The van der Waals surface area contributed by atoms with E-state index in [0.29, 0.717) is 13.2 Å². The Morgan fingerprint density at radius 1 is 1.26 bits per heavy atom. The third kappa shape index (κ3) is 4.76. The number of amides is 1. The molecule has 0 heterocycles. The van der Waals surface area contributed by atoms with Crippen molar-refractivity contribution in [1.29, 1.82) is 0 Å². The minimum atomic E-state index is -0.529. The second kappa shape index (κ2) is 7.60. The Bertz CT molecular complexity index is 415. The molecule has 0 saturated carbocycles. The molecule has 0 aliphatic heterocycles. The van der Waals surface area contributed by atoms with Crippen molar-refractivity contribution < 1.29 is 24.5 Å². The lowest BCUT2D eigenvalue weighted by atomic mass is 10.2. The Labute approximate surface area is 112 Å². The summed E-state index contributed by atoms with van der Waals surface area (Å²) in [5.74, 6) is -0.786. The predicted molar refractivity (Wildman–Crippen MR) is 69.1 cm³/mol. The zero-order valence-corrected chi connectivity index (χ0v) is 11.0. The number of aromatic hydroxyl groups is 2. The molecule has 1 rings (SSSR count). The van der Waals surface area contributed by atoms with Crippen molar-refractivity contribution in [3.63, 3.8) is 0 Å². The quantitative estimate of drug-likeness (QED) is 0.512. The molecule has 0 unspecified atom stereocenters. The van der Waals surface area contributed by atoms with Gasteiger partial charge in [-0.15, -0.1) is 0 Å². The maximum absolute atomic E-state index is 11.8. The monoisotopic (exact) mass is 269 g/mol. The summed E-state index contributed by atoms with van der Waals surface area (Å²) in [7, 11) is 0. The fourth-order valence-corrected chi connectivity index (χ4v) is 1.51. The maximum Gasteiger partial charge on any atom is 0.255 e. The van der Waals surface area contributed by atoms with Crippen LogP contribution in [0.1, 0.15) is 24.2 Å². The van der Waals surface area contributed by atoms with Crippen LogP contribution in [0.5, 0.6) is 11.5 Å². The number of nitrogens with one attached hydrogen (secondary N) is 1. The molecule has 1 aromatic rings. The summed E-state index contributed by atoms with van der Waals surface area (Å²) in [6, 6.07) is 3.75. The van der Waals surface area contributed by atoms with E-state index in [4.69, 9.17) is 9.47 Å². The SMILES string of the molecule is CCOC(CNC(=O)c1cc(O)ccc1O)OCC. The van der Waals surface area contributed by atoms with E-state index in [1.54, 1.807) is 0 Å². The Morgan fingerprint density at radius 2 is 1.89 bits per heavy atom. The molecule has 0 aliphatic rings. The molecule has 3 N–H and O–H groups in total. The summed E-state index contributed by atoms with van der Waals surface area (Å²) in [6.45, 7) is 4.76. The molecule has 0 bridgehead atoms. The average Bonchev–Trinajstić information content (AvgIpc) is 2.39. The van der Waals surface area contributed by atoms with E-state index >= 15 is 0 Å². The van der Waals surface area contributed by atoms with E-state index < -0.39 is 12.2 Å². The molecule has 0 saturated heterocycles.